The molecular weight excluding hydrogens is 291 g/mol. The Labute approximate surface area is 125 Å². The smallest absolute Gasteiger partial charge is 0.251 e. The van der Waals surface area contributed by atoms with E-state index in [4.69, 9.17) is 16.0 Å². The monoisotopic (exact) mass is 300 g/mol. The molecule has 0 saturated heterocycles. The third kappa shape index (κ3) is 3.17. The highest BCUT2D eigenvalue weighted by Gasteiger charge is 2.10. The van der Waals surface area contributed by atoms with Crippen LogP contribution in [0.25, 0.3) is 23.6 Å². The minimum atomic E-state index is -0.394. The fraction of sp³-hybridized carbons (Fsp3) is 0. The molecule has 0 spiro atoms. The number of halogens is 2. The number of aromatic nitrogens is 2. The molecule has 0 amide bonds. The number of benzene rings is 2. The van der Waals surface area contributed by atoms with Gasteiger partial charge in [-0.3, -0.25) is 0 Å². The number of nitrogens with zero attached hydrogens (tertiary/aromatic N) is 2. The van der Waals surface area contributed by atoms with Crippen LogP contribution in [-0.4, -0.2) is 10.2 Å². The van der Waals surface area contributed by atoms with Crippen molar-refractivity contribution in [3.63, 3.8) is 0 Å². The van der Waals surface area contributed by atoms with Crippen molar-refractivity contribution in [1.82, 2.24) is 10.2 Å². The molecule has 0 fully saturated rings. The quantitative estimate of drug-likeness (QED) is 0.704. The second-order valence-electron chi connectivity index (χ2n) is 4.31. The van der Waals surface area contributed by atoms with Crippen molar-refractivity contribution in [3.05, 3.63) is 70.8 Å². The van der Waals surface area contributed by atoms with Crippen molar-refractivity contribution >= 4 is 23.8 Å². The van der Waals surface area contributed by atoms with Gasteiger partial charge in [-0.2, -0.15) is 0 Å². The number of hydrogen-bond donors (Lipinski definition) is 0. The third-order valence-electron chi connectivity index (χ3n) is 2.83. The summed E-state index contributed by atoms with van der Waals surface area (Å²) >= 11 is 5.81. The molecule has 0 aliphatic carbocycles. The molecule has 0 atom stereocenters. The average molecular weight is 301 g/mol. The van der Waals surface area contributed by atoms with Crippen LogP contribution >= 0.6 is 11.6 Å². The van der Waals surface area contributed by atoms with Gasteiger partial charge in [0.05, 0.1) is 5.56 Å². The first-order chi connectivity index (χ1) is 10.2. The summed E-state index contributed by atoms with van der Waals surface area (Å²) in [7, 11) is 0. The average Bonchev–Trinajstić information content (AvgIpc) is 2.96. The Hall–Kier alpha value is -2.46. The van der Waals surface area contributed by atoms with Gasteiger partial charge >= 0.3 is 0 Å². The van der Waals surface area contributed by atoms with Crippen molar-refractivity contribution in [2.24, 2.45) is 0 Å². The SMILES string of the molecule is Fc1ccccc1-c1nnc(/C=C/c2ccc(Cl)cc2)o1. The van der Waals surface area contributed by atoms with Crippen molar-refractivity contribution in [2.75, 3.05) is 0 Å². The predicted octanol–water partition coefficient (Wildman–Crippen LogP) is 4.70. The molecule has 1 aromatic heterocycles. The first-order valence-electron chi connectivity index (χ1n) is 6.24. The lowest BCUT2D eigenvalue weighted by atomic mass is 10.2. The highest BCUT2D eigenvalue weighted by Crippen LogP contribution is 2.21. The summed E-state index contributed by atoms with van der Waals surface area (Å²) in [6, 6.07) is 13.6. The normalized spacial score (nSPS) is 11.1. The molecule has 0 aliphatic rings. The van der Waals surface area contributed by atoms with Gasteiger partial charge in [-0.05, 0) is 35.9 Å². The second kappa shape index (κ2) is 5.89. The summed E-state index contributed by atoms with van der Waals surface area (Å²) in [5, 5.41) is 8.39. The maximum atomic E-state index is 13.6. The van der Waals surface area contributed by atoms with Crippen molar-refractivity contribution in [3.8, 4) is 11.5 Å². The standard InChI is InChI=1S/C16H10ClFN2O/c17-12-8-5-11(6-9-12)7-10-15-19-20-16(21-15)13-3-1-2-4-14(13)18/h1-10H/b10-7+. The molecule has 3 aromatic rings. The Kier molecular flexibility index (Phi) is 3.79. The minimum absolute atomic E-state index is 0.156. The lowest BCUT2D eigenvalue weighted by Crippen LogP contribution is -1.82. The molecule has 2 aromatic carbocycles. The fourth-order valence-corrected chi connectivity index (χ4v) is 1.91. The van der Waals surface area contributed by atoms with E-state index in [2.05, 4.69) is 10.2 Å². The summed E-state index contributed by atoms with van der Waals surface area (Å²) in [6.45, 7) is 0. The number of hydrogen-bond acceptors (Lipinski definition) is 3. The maximum absolute atomic E-state index is 13.6. The minimum Gasteiger partial charge on any atom is -0.417 e. The van der Waals surface area contributed by atoms with Gasteiger partial charge < -0.3 is 4.42 Å². The second-order valence-corrected chi connectivity index (χ2v) is 4.75. The molecule has 0 saturated carbocycles. The van der Waals surface area contributed by atoms with Crippen molar-refractivity contribution in [1.29, 1.82) is 0 Å². The molecule has 1 heterocycles. The van der Waals surface area contributed by atoms with Crippen LogP contribution in [0.3, 0.4) is 0 Å². The van der Waals surface area contributed by atoms with Gasteiger partial charge in [0, 0.05) is 11.1 Å². The first-order valence-corrected chi connectivity index (χ1v) is 6.62. The van der Waals surface area contributed by atoms with E-state index < -0.39 is 5.82 Å². The van der Waals surface area contributed by atoms with Gasteiger partial charge in [0.25, 0.3) is 5.89 Å². The van der Waals surface area contributed by atoms with E-state index in [0.29, 0.717) is 10.9 Å². The van der Waals surface area contributed by atoms with Gasteiger partial charge in [0.2, 0.25) is 5.89 Å². The van der Waals surface area contributed by atoms with E-state index in [1.165, 1.54) is 6.07 Å². The van der Waals surface area contributed by atoms with Crippen molar-refractivity contribution < 1.29 is 8.81 Å². The Bertz CT molecular complexity index is 781. The van der Waals surface area contributed by atoms with Gasteiger partial charge in [-0.15, -0.1) is 10.2 Å². The molecule has 104 valence electrons. The zero-order chi connectivity index (χ0) is 14.7. The Balaban J connectivity index is 1.82. The van der Waals surface area contributed by atoms with Crippen LogP contribution < -0.4 is 0 Å². The molecule has 5 heteroatoms. The van der Waals surface area contributed by atoms with Crippen LogP contribution in [0.2, 0.25) is 5.02 Å². The Morgan fingerprint density at radius 3 is 2.48 bits per heavy atom. The van der Waals surface area contributed by atoms with E-state index in [1.54, 1.807) is 36.4 Å². The fourth-order valence-electron chi connectivity index (χ4n) is 1.79. The molecule has 21 heavy (non-hydrogen) atoms. The van der Waals surface area contributed by atoms with Crippen LogP contribution in [0.5, 0.6) is 0 Å². The van der Waals surface area contributed by atoms with E-state index >= 15 is 0 Å². The molecule has 0 unspecified atom stereocenters. The van der Waals surface area contributed by atoms with Gasteiger partial charge in [-0.1, -0.05) is 35.9 Å². The third-order valence-corrected chi connectivity index (χ3v) is 3.09. The van der Waals surface area contributed by atoms with Crippen LogP contribution in [0.1, 0.15) is 11.5 Å². The maximum Gasteiger partial charge on any atom is 0.251 e. The van der Waals surface area contributed by atoms with E-state index in [1.807, 2.05) is 18.2 Å². The first kappa shape index (κ1) is 13.5. The van der Waals surface area contributed by atoms with Crippen molar-refractivity contribution in [2.45, 2.75) is 0 Å². The summed E-state index contributed by atoms with van der Waals surface area (Å²) in [5.74, 6) is 0.0708. The van der Waals surface area contributed by atoms with Crippen LogP contribution in [-0.2, 0) is 0 Å². The van der Waals surface area contributed by atoms with Crippen LogP contribution in [0.15, 0.2) is 52.9 Å². The summed E-state index contributed by atoms with van der Waals surface area (Å²) in [5.41, 5.74) is 1.24. The van der Waals surface area contributed by atoms with E-state index in [-0.39, 0.29) is 11.5 Å². The molecule has 3 nitrogen and oxygen atoms in total. The lowest BCUT2D eigenvalue weighted by molar-refractivity contribution is 0.548. The topological polar surface area (TPSA) is 38.9 Å². The number of rotatable bonds is 3. The Morgan fingerprint density at radius 1 is 0.952 bits per heavy atom. The van der Waals surface area contributed by atoms with Gasteiger partial charge in [0.1, 0.15) is 5.82 Å². The van der Waals surface area contributed by atoms with Crippen LogP contribution in [0, 0.1) is 5.82 Å². The molecule has 0 aliphatic heterocycles. The summed E-state index contributed by atoms with van der Waals surface area (Å²) in [6.07, 6.45) is 3.48. The zero-order valence-electron chi connectivity index (χ0n) is 10.8. The molecular formula is C16H10ClFN2O. The lowest BCUT2D eigenvalue weighted by Gasteiger charge is -1.95. The largest absolute Gasteiger partial charge is 0.417 e. The molecule has 0 radical (unpaired) electrons. The highest BCUT2D eigenvalue weighted by molar-refractivity contribution is 6.30. The molecule has 0 bridgehead atoms. The summed E-state index contributed by atoms with van der Waals surface area (Å²) in [4.78, 5) is 0. The Morgan fingerprint density at radius 2 is 1.71 bits per heavy atom. The van der Waals surface area contributed by atoms with Gasteiger partial charge in [-0.25, -0.2) is 4.39 Å². The van der Waals surface area contributed by atoms with Crippen LogP contribution in [0.4, 0.5) is 4.39 Å². The predicted molar refractivity (Wildman–Crippen MR) is 80.1 cm³/mol. The van der Waals surface area contributed by atoms with E-state index in [9.17, 15) is 4.39 Å². The summed E-state index contributed by atoms with van der Waals surface area (Å²) < 4.78 is 19.0. The highest BCUT2D eigenvalue weighted by atomic mass is 35.5. The molecule has 0 N–H and O–H groups in total. The van der Waals surface area contributed by atoms with Gasteiger partial charge in [0.15, 0.2) is 0 Å². The van der Waals surface area contributed by atoms with E-state index in [0.717, 1.165) is 5.56 Å². The molecule has 3 rings (SSSR count). The zero-order valence-corrected chi connectivity index (χ0v) is 11.6.